The summed E-state index contributed by atoms with van der Waals surface area (Å²) < 4.78 is 11.4. The molecule has 0 atom stereocenters. The van der Waals surface area contributed by atoms with Crippen molar-refractivity contribution in [2.75, 3.05) is 39.9 Å². The van der Waals surface area contributed by atoms with Crippen LogP contribution in [0.25, 0.3) is 0 Å². The Bertz CT molecular complexity index is 459. The zero-order valence-electron chi connectivity index (χ0n) is 17.3. The number of carbonyl (C=O) groups is 1. The molecule has 0 aromatic heterocycles. The van der Waals surface area contributed by atoms with Gasteiger partial charge in [0.1, 0.15) is 0 Å². The van der Waals surface area contributed by atoms with Crippen LogP contribution in [0, 0.1) is 5.92 Å². The van der Waals surface area contributed by atoms with Crippen LogP contribution in [-0.2, 0) is 14.3 Å². The lowest BCUT2D eigenvalue weighted by atomic mass is 9.84. The van der Waals surface area contributed by atoms with Gasteiger partial charge in [-0.05, 0) is 39.0 Å². The predicted molar refractivity (Wildman–Crippen MR) is 120 cm³/mol. The van der Waals surface area contributed by atoms with Gasteiger partial charge in [-0.2, -0.15) is 0 Å². The highest BCUT2D eigenvalue weighted by Gasteiger charge is 2.34. The molecule has 1 N–H and O–H groups in total. The lowest BCUT2D eigenvalue weighted by molar-refractivity contribution is -0.149. The molecule has 1 aliphatic carbocycles. The maximum atomic E-state index is 11.9. The third-order valence-corrected chi connectivity index (χ3v) is 5.57. The fourth-order valence-corrected chi connectivity index (χ4v) is 4.05. The minimum atomic E-state index is -0.0516. The molecule has 0 bridgehead atoms. The number of carbonyl (C=O) groups excluding carboxylic acids is 1. The van der Waals surface area contributed by atoms with Gasteiger partial charge in [0, 0.05) is 33.3 Å². The van der Waals surface area contributed by atoms with Crippen LogP contribution in [0.3, 0.4) is 0 Å². The highest BCUT2D eigenvalue weighted by atomic mass is 127. The Hall–Kier alpha value is -0.570. The lowest BCUT2D eigenvalue weighted by Gasteiger charge is -2.39. The molecule has 0 spiro atoms. The number of esters is 1. The van der Waals surface area contributed by atoms with Crippen molar-refractivity contribution in [2.45, 2.75) is 70.8 Å². The Morgan fingerprint density at radius 2 is 1.85 bits per heavy atom. The largest absolute Gasteiger partial charge is 0.466 e. The molecular weight excluding hydrogens is 457 g/mol. The molecule has 2 fully saturated rings. The van der Waals surface area contributed by atoms with E-state index in [1.807, 2.05) is 14.0 Å². The first-order chi connectivity index (χ1) is 12.6. The smallest absolute Gasteiger partial charge is 0.309 e. The van der Waals surface area contributed by atoms with Crippen LogP contribution in [0.4, 0.5) is 0 Å². The van der Waals surface area contributed by atoms with Gasteiger partial charge in [-0.15, -0.1) is 24.0 Å². The molecule has 0 aromatic carbocycles. The molecule has 1 saturated heterocycles. The molecule has 1 heterocycles. The van der Waals surface area contributed by atoms with Gasteiger partial charge >= 0.3 is 5.97 Å². The molecule has 27 heavy (non-hydrogen) atoms. The van der Waals surface area contributed by atoms with E-state index in [4.69, 9.17) is 9.47 Å². The number of piperidine rings is 1. The van der Waals surface area contributed by atoms with Crippen molar-refractivity contribution in [1.82, 2.24) is 10.2 Å². The zero-order chi connectivity index (χ0) is 18.8. The van der Waals surface area contributed by atoms with Crippen molar-refractivity contribution in [3.63, 3.8) is 0 Å². The van der Waals surface area contributed by atoms with E-state index in [0.29, 0.717) is 6.61 Å². The first-order valence-corrected chi connectivity index (χ1v) is 10.4. The molecule has 0 amide bonds. The van der Waals surface area contributed by atoms with Crippen molar-refractivity contribution in [2.24, 2.45) is 10.9 Å². The minimum Gasteiger partial charge on any atom is -0.466 e. The molecule has 6 nitrogen and oxygen atoms in total. The Morgan fingerprint density at radius 1 is 1.19 bits per heavy atom. The number of hydrogen-bond acceptors (Lipinski definition) is 4. The number of ether oxygens (including phenoxy) is 2. The molecule has 0 unspecified atom stereocenters. The standard InChI is InChI=1S/C20H37N3O3.HI/c1-4-15-26-20(11-7-6-8-12-20)16-22-19(21-3)23-13-9-17(10-14-23)18(24)25-5-2;/h17H,4-16H2,1-3H3,(H,21,22);1H. The highest BCUT2D eigenvalue weighted by Crippen LogP contribution is 2.31. The average molecular weight is 495 g/mol. The summed E-state index contributed by atoms with van der Waals surface area (Å²) >= 11 is 0. The monoisotopic (exact) mass is 495 g/mol. The van der Waals surface area contributed by atoms with Crippen LogP contribution in [0.2, 0.25) is 0 Å². The first-order valence-electron chi connectivity index (χ1n) is 10.4. The number of guanidine groups is 1. The van der Waals surface area contributed by atoms with Crippen LogP contribution < -0.4 is 5.32 Å². The van der Waals surface area contributed by atoms with E-state index in [1.165, 1.54) is 19.3 Å². The van der Waals surface area contributed by atoms with E-state index >= 15 is 0 Å². The van der Waals surface area contributed by atoms with E-state index in [1.54, 1.807) is 0 Å². The topological polar surface area (TPSA) is 63.2 Å². The summed E-state index contributed by atoms with van der Waals surface area (Å²) in [4.78, 5) is 18.6. The second-order valence-corrected chi connectivity index (χ2v) is 7.51. The molecule has 2 rings (SSSR count). The van der Waals surface area contributed by atoms with Crippen molar-refractivity contribution >= 4 is 35.9 Å². The van der Waals surface area contributed by atoms with Crippen LogP contribution in [-0.4, -0.2) is 62.3 Å². The van der Waals surface area contributed by atoms with Crippen molar-refractivity contribution in [1.29, 1.82) is 0 Å². The number of aliphatic imine (C=N–C) groups is 1. The summed E-state index contributed by atoms with van der Waals surface area (Å²) in [6.45, 7) is 7.81. The summed E-state index contributed by atoms with van der Waals surface area (Å²) in [7, 11) is 1.83. The molecule has 158 valence electrons. The van der Waals surface area contributed by atoms with Crippen molar-refractivity contribution in [3.8, 4) is 0 Å². The maximum Gasteiger partial charge on any atom is 0.309 e. The molecule has 0 radical (unpaired) electrons. The van der Waals surface area contributed by atoms with Gasteiger partial charge in [0.05, 0.1) is 18.1 Å². The first kappa shape index (κ1) is 24.5. The molecule has 2 aliphatic rings. The Kier molecular flexibility index (Phi) is 11.6. The summed E-state index contributed by atoms with van der Waals surface area (Å²) in [5.41, 5.74) is -0.0482. The van der Waals surface area contributed by atoms with Gasteiger partial charge in [0.2, 0.25) is 0 Å². The molecule has 1 saturated carbocycles. The normalized spacial score (nSPS) is 20.7. The number of nitrogens with zero attached hydrogens (tertiary/aromatic N) is 2. The zero-order valence-corrected chi connectivity index (χ0v) is 19.6. The third kappa shape index (κ3) is 7.40. The van der Waals surface area contributed by atoms with Crippen molar-refractivity contribution in [3.05, 3.63) is 0 Å². The Labute approximate surface area is 181 Å². The van der Waals surface area contributed by atoms with E-state index < -0.39 is 0 Å². The van der Waals surface area contributed by atoms with E-state index in [9.17, 15) is 4.79 Å². The Balaban J connectivity index is 0.00000364. The summed E-state index contributed by atoms with van der Waals surface area (Å²) in [5.74, 6) is 0.906. The number of nitrogens with one attached hydrogen (secondary N) is 1. The quantitative estimate of drug-likeness (QED) is 0.253. The second-order valence-electron chi connectivity index (χ2n) is 7.51. The van der Waals surface area contributed by atoms with Gasteiger partial charge in [0.25, 0.3) is 0 Å². The van der Waals surface area contributed by atoms with Crippen LogP contribution in [0.1, 0.15) is 65.2 Å². The summed E-state index contributed by atoms with van der Waals surface area (Å²) in [5, 5.41) is 3.56. The van der Waals surface area contributed by atoms with Crippen LogP contribution in [0.5, 0.6) is 0 Å². The molecule has 1 aliphatic heterocycles. The summed E-state index contributed by atoms with van der Waals surface area (Å²) in [6.07, 6.45) is 8.77. The fourth-order valence-electron chi connectivity index (χ4n) is 4.05. The SMILES string of the molecule is CCCOC1(CNC(=NC)N2CCC(C(=O)OCC)CC2)CCCCC1.I. The lowest BCUT2D eigenvalue weighted by Crippen LogP contribution is -2.52. The van der Waals surface area contributed by atoms with Crippen LogP contribution >= 0.6 is 24.0 Å². The van der Waals surface area contributed by atoms with Gasteiger partial charge in [0.15, 0.2) is 5.96 Å². The van der Waals surface area contributed by atoms with Gasteiger partial charge < -0.3 is 19.7 Å². The fraction of sp³-hybridized carbons (Fsp3) is 0.900. The van der Waals surface area contributed by atoms with Gasteiger partial charge in [-0.3, -0.25) is 9.79 Å². The number of rotatable bonds is 7. The average Bonchev–Trinajstić information content (AvgIpc) is 2.68. The number of hydrogen-bond donors (Lipinski definition) is 1. The van der Waals surface area contributed by atoms with Gasteiger partial charge in [-0.25, -0.2) is 0 Å². The molecular formula is C20H38IN3O3. The third-order valence-electron chi connectivity index (χ3n) is 5.57. The van der Waals surface area contributed by atoms with E-state index in [0.717, 1.165) is 64.3 Å². The minimum absolute atomic E-state index is 0. The molecule has 7 heteroatoms. The molecule has 0 aromatic rings. The highest BCUT2D eigenvalue weighted by molar-refractivity contribution is 14.0. The maximum absolute atomic E-state index is 11.9. The van der Waals surface area contributed by atoms with Gasteiger partial charge in [-0.1, -0.05) is 26.2 Å². The predicted octanol–water partition coefficient (Wildman–Crippen LogP) is 3.58. The van der Waals surface area contributed by atoms with E-state index in [2.05, 4.69) is 22.1 Å². The van der Waals surface area contributed by atoms with E-state index in [-0.39, 0.29) is 41.5 Å². The second kappa shape index (κ2) is 12.8. The number of likely N-dealkylation sites (tertiary alicyclic amines) is 1. The van der Waals surface area contributed by atoms with Crippen LogP contribution in [0.15, 0.2) is 4.99 Å². The summed E-state index contributed by atoms with van der Waals surface area (Å²) in [6, 6.07) is 0. The Morgan fingerprint density at radius 3 is 2.41 bits per heavy atom. The number of halogens is 1. The van der Waals surface area contributed by atoms with Crippen molar-refractivity contribution < 1.29 is 14.3 Å².